The Morgan fingerprint density at radius 1 is 0.969 bits per heavy atom. The lowest BCUT2D eigenvalue weighted by Crippen LogP contribution is -2.44. The van der Waals surface area contributed by atoms with Crippen molar-refractivity contribution in [3.8, 4) is 0 Å². The summed E-state index contributed by atoms with van der Waals surface area (Å²) < 4.78 is 6.95. The summed E-state index contributed by atoms with van der Waals surface area (Å²) in [5.41, 5.74) is 2.71. The third kappa shape index (κ3) is 4.57. The molecule has 0 saturated carbocycles. The summed E-state index contributed by atoms with van der Waals surface area (Å²) in [4.78, 5) is 51.6. The maximum atomic E-state index is 13.0. The molecule has 1 aliphatic rings. The van der Waals surface area contributed by atoms with Crippen molar-refractivity contribution in [1.82, 2.24) is 4.90 Å². The molecule has 1 N–H and O–H groups in total. The number of halogens is 4. The molecular formula is C21H16Br4N2O5. The minimum absolute atomic E-state index is 0.129. The number of rotatable bonds is 5. The van der Waals surface area contributed by atoms with Gasteiger partial charge in [0, 0.05) is 23.6 Å². The molecule has 2 aromatic rings. The number of nitrogens with one attached hydrogen (secondary N) is 1. The van der Waals surface area contributed by atoms with E-state index in [4.69, 9.17) is 4.74 Å². The smallest absolute Gasteiger partial charge is 0.329 e. The first kappa shape index (κ1) is 25.1. The van der Waals surface area contributed by atoms with Crippen LogP contribution in [0.1, 0.15) is 38.8 Å². The second kappa shape index (κ2) is 9.74. The summed E-state index contributed by atoms with van der Waals surface area (Å²) in [7, 11) is 0. The van der Waals surface area contributed by atoms with Crippen LogP contribution in [0.15, 0.2) is 36.1 Å². The number of carbonyl (C=O) groups is 4. The largest absolute Gasteiger partial charge is 0.454 e. The maximum absolute atomic E-state index is 13.0. The number of anilines is 1. The van der Waals surface area contributed by atoms with Crippen molar-refractivity contribution in [2.45, 2.75) is 26.8 Å². The number of hydrogen-bond acceptors (Lipinski definition) is 5. The van der Waals surface area contributed by atoms with E-state index >= 15 is 0 Å². The Hall–Kier alpha value is -1.56. The van der Waals surface area contributed by atoms with Gasteiger partial charge in [-0.25, -0.2) is 4.79 Å². The number of fused-ring (bicyclic) bond motifs is 1. The standard InChI is InChI=1S/C21H16Br4N2O5/c1-8-4-5-9(2)11(6-8)26-12(28)7-32-21(31)10(3)27-19(29)13-14(20(27)30)16(23)18(25)17(24)15(13)22/h4-6,10H,7H2,1-3H3,(H,26,28). The quantitative estimate of drug-likeness (QED) is 0.193. The first-order chi connectivity index (χ1) is 15.0. The lowest BCUT2D eigenvalue weighted by atomic mass is 10.1. The molecule has 1 unspecified atom stereocenters. The van der Waals surface area contributed by atoms with Crippen LogP contribution in [0.3, 0.4) is 0 Å². The van der Waals surface area contributed by atoms with Gasteiger partial charge in [0.05, 0.1) is 11.1 Å². The van der Waals surface area contributed by atoms with Crippen molar-refractivity contribution in [3.63, 3.8) is 0 Å². The van der Waals surface area contributed by atoms with E-state index < -0.39 is 36.3 Å². The predicted octanol–water partition coefficient (Wildman–Crippen LogP) is 5.52. The minimum Gasteiger partial charge on any atom is -0.454 e. The van der Waals surface area contributed by atoms with Crippen LogP contribution >= 0.6 is 63.7 Å². The number of esters is 1. The van der Waals surface area contributed by atoms with Crippen LogP contribution < -0.4 is 5.32 Å². The van der Waals surface area contributed by atoms with Crippen molar-refractivity contribution < 1.29 is 23.9 Å². The zero-order valence-corrected chi connectivity index (χ0v) is 23.4. The van der Waals surface area contributed by atoms with Gasteiger partial charge in [-0.05, 0) is 102 Å². The second-order valence-corrected chi connectivity index (χ2v) is 10.3. The fourth-order valence-electron chi connectivity index (χ4n) is 3.14. The zero-order chi connectivity index (χ0) is 23.9. The molecule has 11 heteroatoms. The van der Waals surface area contributed by atoms with Crippen molar-refractivity contribution in [2.75, 3.05) is 11.9 Å². The Labute approximate surface area is 217 Å². The highest BCUT2D eigenvalue weighted by molar-refractivity contribution is 9.15. The molecule has 3 rings (SSSR count). The average molecular weight is 696 g/mol. The van der Waals surface area contributed by atoms with Crippen LogP contribution in [0.4, 0.5) is 5.69 Å². The van der Waals surface area contributed by atoms with Crippen LogP contribution in [0, 0.1) is 13.8 Å². The molecule has 1 heterocycles. The fraction of sp³-hybridized carbons (Fsp3) is 0.238. The molecule has 7 nitrogen and oxygen atoms in total. The highest BCUT2D eigenvalue weighted by Crippen LogP contribution is 2.45. The normalized spacial score (nSPS) is 13.8. The molecule has 0 bridgehead atoms. The van der Waals surface area contributed by atoms with Gasteiger partial charge in [0.25, 0.3) is 17.7 Å². The molecule has 0 fully saturated rings. The van der Waals surface area contributed by atoms with Gasteiger partial charge in [0.15, 0.2) is 6.61 Å². The number of amides is 3. The van der Waals surface area contributed by atoms with Gasteiger partial charge < -0.3 is 10.1 Å². The predicted molar refractivity (Wildman–Crippen MR) is 133 cm³/mol. The number of nitrogens with zero attached hydrogens (tertiary/aromatic N) is 1. The molecular weight excluding hydrogens is 680 g/mol. The lowest BCUT2D eigenvalue weighted by Gasteiger charge is -2.21. The van der Waals surface area contributed by atoms with Gasteiger partial charge in [0.2, 0.25) is 0 Å². The van der Waals surface area contributed by atoms with Crippen molar-refractivity contribution in [1.29, 1.82) is 0 Å². The second-order valence-electron chi connectivity index (χ2n) is 7.14. The summed E-state index contributed by atoms with van der Waals surface area (Å²) in [6, 6.07) is 4.37. The Kier molecular flexibility index (Phi) is 7.63. The highest BCUT2D eigenvalue weighted by atomic mass is 79.9. The molecule has 0 spiro atoms. The number of hydrogen-bond donors (Lipinski definition) is 1. The van der Waals surface area contributed by atoms with E-state index in [1.807, 2.05) is 32.0 Å². The number of benzene rings is 2. The van der Waals surface area contributed by atoms with E-state index in [0.717, 1.165) is 16.0 Å². The summed E-state index contributed by atoms with van der Waals surface area (Å²) in [5, 5.41) is 2.69. The third-order valence-corrected chi connectivity index (χ3v) is 9.64. The Morgan fingerprint density at radius 2 is 1.50 bits per heavy atom. The molecule has 1 atom stereocenters. The van der Waals surface area contributed by atoms with Crippen LogP contribution in [0.5, 0.6) is 0 Å². The van der Waals surface area contributed by atoms with Gasteiger partial charge in [0.1, 0.15) is 6.04 Å². The molecule has 32 heavy (non-hydrogen) atoms. The van der Waals surface area contributed by atoms with Crippen molar-refractivity contribution >= 4 is 93.1 Å². The monoisotopic (exact) mass is 692 g/mol. The minimum atomic E-state index is -1.23. The van der Waals surface area contributed by atoms with Gasteiger partial charge >= 0.3 is 5.97 Å². The maximum Gasteiger partial charge on any atom is 0.329 e. The van der Waals surface area contributed by atoms with E-state index in [2.05, 4.69) is 69.0 Å². The molecule has 0 aliphatic carbocycles. The fourth-order valence-corrected chi connectivity index (χ4v) is 5.59. The number of ether oxygens (including phenoxy) is 1. The average Bonchev–Trinajstić information content (AvgIpc) is 3.01. The third-order valence-electron chi connectivity index (χ3n) is 4.87. The van der Waals surface area contributed by atoms with E-state index in [9.17, 15) is 19.2 Å². The molecule has 168 valence electrons. The zero-order valence-electron chi connectivity index (χ0n) is 17.0. The van der Waals surface area contributed by atoms with E-state index in [-0.39, 0.29) is 11.1 Å². The highest BCUT2D eigenvalue weighted by Gasteiger charge is 2.45. The number of carbonyl (C=O) groups excluding carboxylic acids is 4. The molecule has 0 radical (unpaired) electrons. The first-order valence-corrected chi connectivity index (χ1v) is 12.4. The summed E-state index contributed by atoms with van der Waals surface area (Å²) in [6.45, 7) is 4.56. The van der Waals surface area contributed by atoms with Crippen molar-refractivity contribution in [3.05, 3.63) is 58.3 Å². The molecule has 1 aliphatic heterocycles. The lowest BCUT2D eigenvalue weighted by molar-refractivity contribution is -0.150. The number of imide groups is 1. The summed E-state index contributed by atoms with van der Waals surface area (Å²) >= 11 is 13.4. The van der Waals surface area contributed by atoms with E-state index in [0.29, 0.717) is 23.6 Å². The van der Waals surface area contributed by atoms with E-state index in [1.165, 1.54) is 6.92 Å². The SMILES string of the molecule is Cc1ccc(C)c(NC(=O)COC(=O)C(C)N2C(=O)c3c(Br)c(Br)c(Br)c(Br)c3C2=O)c1. The molecule has 0 saturated heterocycles. The van der Waals surface area contributed by atoms with E-state index in [1.54, 1.807) is 0 Å². The van der Waals surface area contributed by atoms with Crippen LogP contribution in [-0.2, 0) is 14.3 Å². The van der Waals surface area contributed by atoms with Crippen LogP contribution in [-0.4, -0.2) is 41.2 Å². The van der Waals surface area contributed by atoms with Gasteiger partial charge in [-0.3, -0.25) is 19.3 Å². The van der Waals surface area contributed by atoms with Crippen LogP contribution in [0.2, 0.25) is 0 Å². The topological polar surface area (TPSA) is 92.8 Å². The Morgan fingerprint density at radius 3 is 2.03 bits per heavy atom. The Balaban J connectivity index is 1.72. The van der Waals surface area contributed by atoms with Gasteiger partial charge in [-0.1, -0.05) is 12.1 Å². The Bertz CT molecular complexity index is 1130. The molecule has 3 amide bonds. The summed E-state index contributed by atoms with van der Waals surface area (Å²) in [6.07, 6.45) is 0. The first-order valence-electron chi connectivity index (χ1n) is 9.23. The summed E-state index contributed by atoms with van der Waals surface area (Å²) in [5.74, 6) is -2.69. The van der Waals surface area contributed by atoms with Gasteiger partial charge in [-0.15, -0.1) is 0 Å². The van der Waals surface area contributed by atoms with Crippen molar-refractivity contribution in [2.24, 2.45) is 0 Å². The van der Waals surface area contributed by atoms with Gasteiger partial charge in [-0.2, -0.15) is 0 Å². The van der Waals surface area contributed by atoms with Crippen LogP contribution in [0.25, 0.3) is 0 Å². The number of aryl methyl sites for hydroxylation is 2. The molecule has 2 aromatic carbocycles. The molecule has 0 aromatic heterocycles.